The number of aromatic nitrogens is 2. The number of carbonyl (C=O) groups excluding carboxylic acids is 5. The Kier molecular flexibility index (Phi) is 18.7. The highest BCUT2D eigenvalue weighted by atomic mass is 19.3. The van der Waals surface area contributed by atoms with Crippen molar-refractivity contribution in [1.29, 1.82) is 0 Å². The van der Waals surface area contributed by atoms with E-state index in [4.69, 9.17) is 9.47 Å². The van der Waals surface area contributed by atoms with Crippen LogP contribution in [0.3, 0.4) is 0 Å². The molecule has 2 aliphatic heterocycles. The molecule has 2 aliphatic rings. The molecule has 362 valence electrons. The van der Waals surface area contributed by atoms with E-state index in [-0.39, 0.29) is 30.8 Å². The van der Waals surface area contributed by atoms with Crippen molar-refractivity contribution in [3.05, 3.63) is 90.3 Å². The number of aryl methyl sites for hydroxylation is 1. The number of carbonyl (C=O) groups is 5. The maximum absolute atomic E-state index is 14.0. The van der Waals surface area contributed by atoms with Crippen molar-refractivity contribution < 1.29 is 42.2 Å². The van der Waals surface area contributed by atoms with Crippen LogP contribution in [0.1, 0.15) is 90.2 Å². The summed E-state index contributed by atoms with van der Waals surface area (Å²) in [5.41, 5.74) is 9.00. The van der Waals surface area contributed by atoms with Crippen LogP contribution < -0.4 is 10.7 Å². The predicted molar refractivity (Wildman–Crippen MR) is 254 cm³/mol. The van der Waals surface area contributed by atoms with Crippen LogP contribution in [0, 0.1) is 11.3 Å². The minimum atomic E-state index is -2.98. The number of nitrogens with one attached hydrogen (secondary N) is 2. The second-order valence-corrected chi connectivity index (χ2v) is 18.3. The molecule has 0 bridgehead atoms. The molecule has 2 aromatic carbocycles. The van der Waals surface area contributed by atoms with Crippen LogP contribution in [-0.4, -0.2) is 113 Å². The van der Waals surface area contributed by atoms with E-state index in [2.05, 4.69) is 32.9 Å². The van der Waals surface area contributed by atoms with Crippen molar-refractivity contribution in [2.24, 2.45) is 11.3 Å². The zero-order valence-electron chi connectivity index (χ0n) is 39.9. The molecule has 16 heteroatoms. The second-order valence-electron chi connectivity index (χ2n) is 18.3. The summed E-state index contributed by atoms with van der Waals surface area (Å²) in [6, 6.07) is 16.0. The first-order valence-electron chi connectivity index (χ1n) is 23.2. The van der Waals surface area contributed by atoms with Crippen LogP contribution in [0.25, 0.3) is 33.3 Å². The number of hydrogen-bond acceptors (Lipinski definition) is 9. The Hall–Kier alpha value is -6.00. The number of benzene rings is 2. The van der Waals surface area contributed by atoms with E-state index in [9.17, 15) is 32.8 Å². The third-order valence-corrected chi connectivity index (χ3v) is 12.3. The molecule has 0 spiro atoms. The van der Waals surface area contributed by atoms with Gasteiger partial charge in [-0.2, -0.15) is 8.78 Å². The van der Waals surface area contributed by atoms with E-state index in [1.165, 1.54) is 11.0 Å². The van der Waals surface area contributed by atoms with Gasteiger partial charge in [0.25, 0.3) is 12.4 Å². The number of alkyl halides is 2. The molecule has 2 fully saturated rings. The van der Waals surface area contributed by atoms with Gasteiger partial charge in [0, 0.05) is 74.3 Å². The summed E-state index contributed by atoms with van der Waals surface area (Å²) in [6.07, 6.45) is 7.35. The number of hydrazine groups is 1. The fraction of sp³-hybridized carbons (Fsp3) is 0.490. The Morgan fingerprint density at radius 1 is 0.985 bits per heavy atom. The standard InChI is InChI=1S/C44H56F2N6O6.C7H11NO/c1-8-51-37-17-16-32(23-34(37)35(24-44(5,6)25-57-27-54)40(51)33-15-12-18-47-38(33)29(4)58-43(45)46)31-14-11-13-30(21-31)22-36(42(56)52-20-10-9-19-48-52)49-41(55)39(28(2)3)50(7)26-53;1-2-7(9)8-5-3-4-6-8/h11-18,21,23,26-29,36,39,43,48H,8-10,19-20,22,24-25H2,1-7H3,(H,49,55);2H,1,3-6H2. The summed E-state index contributed by atoms with van der Waals surface area (Å²) in [6.45, 7) is 15.9. The lowest BCUT2D eigenvalue weighted by atomic mass is 9.84. The maximum atomic E-state index is 14.0. The molecule has 2 aromatic heterocycles. The van der Waals surface area contributed by atoms with E-state index < -0.39 is 36.1 Å². The van der Waals surface area contributed by atoms with Gasteiger partial charge in [-0.05, 0) is 104 Å². The Balaban J connectivity index is 0.000000834. The van der Waals surface area contributed by atoms with Crippen LogP contribution in [0.5, 0.6) is 0 Å². The molecule has 4 aromatic rings. The molecule has 3 unspecified atom stereocenters. The first-order chi connectivity index (χ1) is 32.0. The SMILES string of the molecule is C=CC(=O)N1CCCC1.CCn1c(-c2cccnc2C(C)OC(F)F)c(CC(C)(C)COC=O)c2cc(-c3cccc(CC(NC(=O)C(C(C)C)N(C)C=O)C(=O)N4CCCCN4)c3)ccc21. The number of nitrogens with zero attached hydrogens (tertiary/aromatic N) is 5. The number of hydrogen-bond donors (Lipinski definition) is 2. The fourth-order valence-electron chi connectivity index (χ4n) is 9.09. The molecule has 0 saturated carbocycles. The quantitative estimate of drug-likeness (QED) is 0.0678. The largest absolute Gasteiger partial charge is 0.467 e. The molecule has 0 aliphatic carbocycles. The Morgan fingerprint density at radius 2 is 1.70 bits per heavy atom. The Morgan fingerprint density at radius 3 is 2.33 bits per heavy atom. The number of ether oxygens (including phenoxy) is 2. The molecular weight excluding hydrogens is 861 g/mol. The average Bonchev–Trinajstić information content (AvgIpc) is 3.97. The van der Waals surface area contributed by atoms with Crippen molar-refractivity contribution in [1.82, 2.24) is 35.1 Å². The molecule has 4 amide bonds. The summed E-state index contributed by atoms with van der Waals surface area (Å²) >= 11 is 0. The first-order valence-corrected chi connectivity index (χ1v) is 23.2. The fourth-order valence-corrected chi connectivity index (χ4v) is 9.09. The number of likely N-dealkylation sites (tertiary alicyclic amines) is 1. The third kappa shape index (κ3) is 13.3. The summed E-state index contributed by atoms with van der Waals surface area (Å²) in [7, 11) is 1.56. The molecule has 2 saturated heterocycles. The summed E-state index contributed by atoms with van der Waals surface area (Å²) in [5.74, 6) is -0.766. The molecule has 3 atom stereocenters. The highest BCUT2D eigenvalue weighted by Gasteiger charge is 2.33. The zero-order valence-corrected chi connectivity index (χ0v) is 39.9. The Labute approximate surface area is 393 Å². The Bertz CT molecular complexity index is 2340. The van der Waals surface area contributed by atoms with E-state index in [0.717, 1.165) is 77.6 Å². The number of rotatable bonds is 20. The molecule has 67 heavy (non-hydrogen) atoms. The minimum Gasteiger partial charge on any atom is -0.467 e. The van der Waals surface area contributed by atoms with Gasteiger partial charge in [-0.25, -0.2) is 5.43 Å². The average molecular weight is 928 g/mol. The predicted octanol–water partition coefficient (Wildman–Crippen LogP) is 7.49. The number of amides is 4. The van der Waals surface area contributed by atoms with E-state index >= 15 is 0 Å². The highest BCUT2D eigenvalue weighted by molar-refractivity contribution is 5.95. The lowest BCUT2D eigenvalue weighted by Crippen LogP contribution is -2.58. The van der Waals surface area contributed by atoms with E-state index in [1.807, 2.05) is 82.0 Å². The number of pyridine rings is 1. The molecule has 0 radical (unpaired) electrons. The normalized spacial score (nSPS) is 15.4. The number of halogens is 2. The third-order valence-electron chi connectivity index (χ3n) is 12.3. The molecule has 2 N–H and O–H groups in total. The van der Waals surface area contributed by atoms with Gasteiger partial charge in [0.15, 0.2) is 0 Å². The lowest BCUT2D eigenvalue weighted by Gasteiger charge is -2.33. The van der Waals surface area contributed by atoms with Crippen LogP contribution >= 0.6 is 0 Å². The van der Waals surface area contributed by atoms with E-state index in [0.29, 0.717) is 50.2 Å². The highest BCUT2D eigenvalue weighted by Crippen LogP contribution is 2.42. The van der Waals surface area contributed by atoms with Gasteiger partial charge in [0.05, 0.1) is 18.0 Å². The van der Waals surface area contributed by atoms with E-state index in [1.54, 1.807) is 31.2 Å². The smallest absolute Gasteiger partial charge is 0.345 e. The van der Waals surface area contributed by atoms with Crippen LogP contribution in [-0.2, 0) is 52.8 Å². The van der Waals surface area contributed by atoms with Gasteiger partial charge < -0.3 is 29.2 Å². The van der Waals surface area contributed by atoms with Gasteiger partial charge in [-0.3, -0.25) is 34.0 Å². The number of fused-ring (bicyclic) bond motifs is 1. The minimum absolute atomic E-state index is 0.0764. The van der Waals surface area contributed by atoms with Gasteiger partial charge in [0.2, 0.25) is 18.2 Å². The molecular formula is C51H67F2N7O7. The summed E-state index contributed by atoms with van der Waals surface area (Å²) in [5, 5.41) is 5.49. The van der Waals surface area contributed by atoms with Crippen molar-refractivity contribution in [3.63, 3.8) is 0 Å². The molecule has 6 rings (SSSR count). The van der Waals surface area contributed by atoms with Crippen LogP contribution in [0.15, 0.2) is 73.4 Å². The van der Waals surface area contributed by atoms with Crippen LogP contribution in [0.4, 0.5) is 8.78 Å². The number of likely N-dealkylation sites (N-methyl/N-ethyl adjacent to an activating group) is 1. The van der Waals surface area contributed by atoms with Crippen molar-refractivity contribution in [2.45, 2.75) is 111 Å². The summed E-state index contributed by atoms with van der Waals surface area (Å²) < 4.78 is 39.3. The summed E-state index contributed by atoms with van der Waals surface area (Å²) in [4.78, 5) is 69.1. The second kappa shape index (κ2) is 24.1. The topological polar surface area (TPSA) is 155 Å². The van der Waals surface area contributed by atoms with Crippen molar-refractivity contribution in [3.8, 4) is 22.4 Å². The monoisotopic (exact) mass is 928 g/mol. The molecule has 4 heterocycles. The van der Waals surface area contributed by atoms with Gasteiger partial charge in [-0.1, -0.05) is 64.6 Å². The zero-order chi connectivity index (χ0) is 48.8. The molecule has 14 nitrogen and oxygen atoms in total. The van der Waals surface area contributed by atoms with Gasteiger partial charge >= 0.3 is 6.61 Å². The van der Waals surface area contributed by atoms with Crippen LogP contribution in [0.2, 0.25) is 0 Å². The maximum Gasteiger partial charge on any atom is 0.345 e. The first kappa shape index (κ1) is 52.0. The lowest BCUT2D eigenvalue weighted by molar-refractivity contribution is -0.160. The van der Waals surface area contributed by atoms with Crippen molar-refractivity contribution >= 4 is 41.5 Å². The van der Waals surface area contributed by atoms with Crippen molar-refractivity contribution in [2.75, 3.05) is 39.8 Å². The van der Waals surface area contributed by atoms with Gasteiger partial charge in [0.1, 0.15) is 18.2 Å². The van der Waals surface area contributed by atoms with Gasteiger partial charge in [-0.15, -0.1) is 0 Å².